The van der Waals surface area contributed by atoms with E-state index in [0.717, 1.165) is 6.07 Å². The van der Waals surface area contributed by atoms with Crippen LogP contribution < -0.4 is 0 Å². The molecule has 1 fully saturated rings. The number of halogens is 2. The van der Waals surface area contributed by atoms with Gasteiger partial charge in [-0.1, -0.05) is 0 Å². The molecule has 1 aromatic carbocycles. The zero-order chi connectivity index (χ0) is 14.9. The standard InChI is InChI=1S/C13H13BrFNO4/c1-16(11-6-20-5-8(11)13(18)19)12(17)7-2-3-9(14)10(15)4-7/h2-4,8,11H,5-6H2,1H3,(H,18,19). The summed E-state index contributed by atoms with van der Waals surface area (Å²) in [5, 5.41) is 9.08. The Morgan fingerprint density at radius 1 is 1.45 bits per heavy atom. The first-order valence-electron chi connectivity index (χ1n) is 5.94. The van der Waals surface area contributed by atoms with Crippen molar-refractivity contribution in [2.75, 3.05) is 20.3 Å². The van der Waals surface area contributed by atoms with Gasteiger partial charge in [-0.2, -0.15) is 0 Å². The largest absolute Gasteiger partial charge is 0.481 e. The Morgan fingerprint density at radius 3 is 2.75 bits per heavy atom. The molecule has 0 radical (unpaired) electrons. The van der Waals surface area contributed by atoms with Gasteiger partial charge in [0.15, 0.2) is 0 Å². The maximum absolute atomic E-state index is 13.4. The van der Waals surface area contributed by atoms with Gasteiger partial charge in [0, 0.05) is 12.6 Å². The van der Waals surface area contributed by atoms with Crippen LogP contribution in [0.5, 0.6) is 0 Å². The molecular weight excluding hydrogens is 333 g/mol. The summed E-state index contributed by atoms with van der Waals surface area (Å²) < 4.78 is 18.8. The number of rotatable bonds is 3. The van der Waals surface area contributed by atoms with Crippen molar-refractivity contribution in [3.63, 3.8) is 0 Å². The van der Waals surface area contributed by atoms with E-state index in [-0.39, 0.29) is 23.2 Å². The number of carboxylic acid groups (broad SMARTS) is 1. The van der Waals surface area contributed by atoms with Gasteiger partial charge in [-0.05, 0) is 34.1 Å². The van der Waals surface area contributed by atoms with E-state index in [0.29, 0.717) is 0 Å². The number of carbonyl (C=O) groups excluding carboxylic acids is 1. The molecule has 1 amide bonds. The number of carboxylic acids is 1. The molecule has 0 spiro atoms. The molecule has 1 aromatic rings. The SMILES string of the molecule is CN(C(=O)c1ccc(Br)c(F)c1)C1COCC1C(=O)O. The maximum atomic E-state index is 13.4. The molecule has 0 aromatic heterocycles. The van der Waals surface area contributed by atoms with E-state index < -0.39 is 29.7 Å². The monoisotopic (exact) mass is 345 g/mol. The van der Waals surface area contributed by atoms with Gasteiger partial charge in [0.25, 0.3) is 5.91 Å². The third kappa shape index (κ3) is 2.83. The van der Waals surface area contributed by atoms with Crippen LogP contribution in [0, 0.1) is 11.7 Å². The van der Waals surface area contributed by atoms with Gasteiger partial charge >= 0.3 is 5.97 Å². The summed E-state index contributed by atoms with van der Waals surface area (Å²) in [6.45, 7) is 0.241. The lowest BCUT2D eigenvalue weighted by atomic mass is 10.0. The van der Waals surface area contributed by atoms with Crippen molar-refractivity contribution < 1.29 is 23.8 Å². The zero-order valence-electron chi connectivity index (χ0n) is 10.7. The molecule has 1 N–H and O–H groups in total. The summed E-state index contributed by atoms with van der Waals surface area (Å²) in [6, 6.07) is 3.49. The first-order chi connectivity index (χ1) is 9.41. The minimum absolute atomic E-state index is 0.0757. The molecule has 2 atom stereocenters. The van der Waals surface area contributed by atoms with Gasteiger partial charge in [0.05, 0.1) is 23.7 Å². The van der Waals surface area contributed by atoms with Crippen LogP contribution in [0.4, 0.5) is 4.39 Å². The van der Waals surface area contributed by atoms with Gasteiger partial charge in [-0.3, -0.25) is 9.59 Å². The first kappa shape index (κ1) is 14.9. The number of carbonyl (C=O) groups is 2. The van der Waals surface area contributed by atoms with Crippen molar-refractivity contribution >= 4 is 27.8 Å². The average molecular weight is 346 g/mol. The summed E-state index contributed by atoms with van der Waals surface area (Å²) in [5.74, 6) is -2.74. The highest BCUT2D eigenvalue weighted by Gasteiger charge is 2.38. The Kier molecular flexibility index (Phi) is 4.39. The second-order valence-corrected chi connectivity index (χ2v) is 5.45. The predicted molar refractivity (Wildman–Crippen MR) is 71.9 cm³/mol. The lowest BCUT2D eigenvalue weighted by Gasteiger charge is -2.26. The first-order valence-corrected chi connectivity index (χ1v) is 6.74. The number of hydrogen-bond donors (Lipinski definition) is 1. The predicted octanol–water partition coefficient (Wildman–Crippen LogP) is 1.76. The second kappa shape index (κ2) is 5.88. The number of nitrogens with zero attached hydrogens (tertiary/aromatic N) is 1. The van der Waals surface area contributed by atoms with E-state index in [9.17, 15) is 14.0 Å². The van der Waals surface area contributed by atoms with E-state index in [1.807, 2.05) is 0 Å². The van der Waals surface area contributed by atoms with Crippen LogP contribution in [0.1, 0.15) is 10.4 Å². The number of benzene rings is 1. The van der Waals surface area contributed by atoms with Crippen molar-refractivity contribution in [3.05, 3.63) is 34.1 Å². The molecule has 2 unspecified atom stereocenters. The Labute approximate surface area is 123 Å². The fourth-order valence-electron chi connectivity index (χ4n) is 2.14. The fourth-order valence-corrected chi connectivity index (χ4v) is 2.39. The molecule has 1 aliphatic heterocycles. The summed E-state index contributed by atoms with van der Waals surface area (Å²) in [6.07, 6.45) is 0. The normalized spacial score (nSPS) is 21.8. The minimum atomic E-state index is -1.01. The summed E-state index contributed by atoms with van der Waals surface area (Å²) in [4.78, 5) is 24.6. The molecule has 108 valence electrons. The fraction of sp³-hybridized carbons (Fsp3) is 0.385. The van der Waals surface area contributed by atoms with Crippen LogP contribution in [0.15, 0.2) is 22.7 Å². The third-order valence-corrected chi connectivity index (χ3v) is 4.00. The molecule has 2 rings (SSSR count). The van der Waals surface area contributed by atoms with Gasteiger partial charge < -0.3 is 14.7 Å². The molecular formula is C13H13BrFNO4. The molecule has 1 aliphatic rings. The van der Waals surface area contributed by atoms with Crippen LogP contribution >= 0.6 is 15.9 Å². The topological polar surface area (TPSA) is 66.8 Å². The van der Waals surface area contributed by atoms with Crippen molar-refractivity contribution in [1.29, 1.82) is 0 Å². The zero-order valence-corrected chi connectivity index (χ0v) is 12.3. The number of aliphatic carboxylic acids is 1. The van der Waals surface area contributed by atoms with Gasteiger partial charge in [-0.15, -0.1) is 0 Å². The van der Waals surface area contributed by atoms with Gasteiger partial charge in [0.2, 0.25) is 0 Å². The Morgan fingerprint density at radius 2 is 2.15 bits per heavy atom. The van der Waals surface area contributed by atoms with E-state index in [4.69, 9.17) is 9.84 Å². The quantitative estimate of drug-likeness (QED) is 0.906. The molecule has 5 nitrogen and oxygen atoms in total. The molecule has 1 saturated heterocycles. The second-order valence-electron chi connectivity index (χ2n) is 4.59. The van der Waals surface area contributed by atoms with Crippen LogP contribution in [-0.4, -0.2) is 48.2 Å². The Hall–Kier alpha value is -1.47. The summed E-state index contributed by atoms with van der Waals surface area (Å²) >= 11 is 3.01. The Bertz CT molecular complexity index is 551. The summed E-state index contributed by atoms with van der Waals surface area (Å²) in [7, 11) is 1.50. The molecule has 1 heterocycles. The molecule has 0 bridgehead atoms. The van der Waals surface area contributed by atoms with Crippen molar-refractivity contribution in [3.8, 4) is 0 Å². The Balaban J connectivity index is 2.19. The number of ether oxygens (including phenoxy) is 1. The van der Waals surface area contributed by atoms with E-state index in [1.165, 1.54) is 24.1 Å². The van der Waals surface area contributed by atoms with Gasteiger partial charge in [-0.25, -0.2) is 4.39 Å². The van der Waals surface area contributed by atoms with Crippen LogP contribution in [-0.2, 0) is 9.53 Å². The lowest BCUT2D eigenvalue weighted by molar-refractivity contribution is -0.142. The van der Waals surface area contributed by atoms with Crippen molar-refractivity contribution in [1.82, 2.24) is 4.90 Å². The van der Waals surface area contributed by atoms with Crippen molar-refractivity contribution in [2.24, 2.45) is 5.92 Å². The van der Waals surface area contributed by atoms with E-state index in [1.54, 1.807) is 0 Å². The highest BCUT2D eigenvalue weighted by atomic mass is 79.9. The van der Waals surface area contributed by atoms with E-state index in [2.05, 4.69) is 15.9 Å². The van der Waals surface area contributed by atoms with E-state index >= 15 is 0 Å². The number of likely N-dealkylation sites (N-methyl/N-ethyl adjacent to an activating group) is 1. The van der Waals surface area contributed by atoms with Crippen LogP contribution in [0.3, 0.4) is 0 Å². The summed E-state index contributed by atoms with van der Waals surface area (Å²) in [5.41, 5.74) is 0.171. The van der Waals surface area contributed by atoms with Crippen molar-refractivity contribution in [2.45, 2.75) is 6.04 Å². The van der Waals surface area contributed by atoms with Crippen LogP contribution in [0.2, 0.25) is 0 Å². The smallest absolute Gasteiger partial charge is 0.311 e. The average Bonchev–Trinajstić information content (AvgIpc) is 2.89. The number of amides is 1. The minimum Gasteiger partial charge on any atom is -0.481 e. The molecule has 0 saturated carbocycles. The van der Waals surface area contributed by atoms with Crippen LogP contribution in [0.25, 0.3) is 0 Å². The lowest BCUT2D eigenvalue weighted by Crippen LogP contribution is -2.44. The van der Waals surface area contributed by atoms with Gasteiger partial charge in [0.1, 0.15) is 11.7 Å². The highest BCUT2D eigenvalue weighted by Crippen LogP contribution is 2.22. The third-order valence-electron chi connectivity index (χ3n) is 3.35. The highest BCUT2D eigenvalue weighted by molar-refractivity contribution is 9.10. The maximum Gasteiger partial charge on any atom is 0.311 e. The molecule has 0 aliphatic carbocycles. The molecule has 20 heavy (non-hydrogen) atoms. The molecule has 7 heteroatoms. The number of hydrogen-bond acceptors (Lipinski definition) is 3.